The van der Waals surface area contributed by atoms with Crippen LogP contribution >= 0.6 is 0 Å². The van der Waals surface area contributed by atoms with Gasteiger partial charge in [-0.05, 0) is 56.4 Å². The molecule has 3 aromatic rings. The molecule has 1 aromatic heterocycles. The van der Waals surface area contributed by atoms with Crippen LogP contribution in [0.3, 0.4) is 0 Å². The molecule has 1 aliphatic heterocycles. The third-order valence-corrected chi connectivity index (χ3v) is 7.80. The number of nitrogens with zero attached hydrogens (tertiary/aromatic N) is 2. The number of nitrogens with two attached hydrogens (primary N) is 1. The zero-order chi connectivity index (χ0) is 28.9. The fourth-order valence-electron chi connectivity index (χ4n) is 5.55. The van der Waals surface area contributed by atoms with Crippen molar-refractivity contribution in [3.63, 3.8) is 0 Å². The minimum atomic E-state index is -1.33. The van der Waals surface area contributed by atoms with E-state index in [1.165, 1.54) is 25.0 Å². The molecular formula is C32H39N3O5. The maximum Gasteiger partial charge on any atom is 0.411 e. The summed E-state index contributed by atoms with van der Waals surface area (Å²) in [5, 5.41) is 17.8. The van der Waals surface area contributed by atoms with E-state index in [1.807, 2.05) is 43.5 Å². The number of aliphatic hydroxyl groups is 1. The number of carbonyl (C=O) groups excluding carboxylic acids is 1. The zero-order valence-corrected chi connectivity index (χ0v) is 23.4. The van der Waals surface area contributed by atoms with Gasteiger partial charge in [-0.3, -0.25) is 4.98 Å². The van der Waals surface area contributed by atoms with Crippen LogP contribution in [0.5, 0.6) is 0 Å². The van der Waals surface area contributed by atoms with Gasteiger partial charge in [0.15, 0.2) is 0 Å². The second kappa shape index (κ2) is 12.1. The fourth-order valence-corrected chi connectivity index (χ4v) is 5.55. The van der Waals surface area contributed by atoms with Crippen LogP contribution in [0.25, 0.3) is 11.1 Å². The average Bonchev–Trinajstić information content (AvgIpc) is 2.87. The van der Waals surface area contributed by atoms with Crippen molar-refractivity contribution in [1.82, 2.24) is 9.88 Å². The van der Waals surface area contributed by atoms with Crippen molar-refractivity contribution >= 4 is 12.2 Å². The Balaban J connectivity index is 0.000000867. The lowest BCUT2D eigenvalue weighted by molar-refractivity contribution is -0.101. The number of aromatic nitrogens is 1. The predicted octanol–water partition coefficient (Wildman–Crippen LogP) is 6.60. The van der Waals surface area contributed by atoms with Gasteiger partial charge in [0.25, 0.3) is 0 Å². The first-order valence-corrected chi connectivity index (χ1v) is 13.8. The van der Waals surface area contributed by atoms with Crippen molar-refractivity contribution in [3.05, 3.63) is 89.7 Å². The lowest BCUT2D eigenvalue weighted by atomic mass is 9.80. The molecular weight excluding hydrogens is 506 g/mol. The second-order valence-electron chi connectivity index (χ2n) is 11.4. The quantitative estimate of drug-likeness (QED) is 0.307. The van der Waals surface area contributed by atoms with Gasteiger partial charge in [-0.1, -0.05) is 67.1 Å². The number of cyclic esters (lactones) is 1. The van der Waals surface area contributed by atoms with E-state index in [0.29, 0.717) is 25.3 Å². The lowest BCUT2D eigenvalue weighted by Crippen LogP contribution is -2.51. The zero-order valence-electron chi connectivity index (χ0n) is 23.4. The number of ether oxygens (including phenoxy) is 1. The Morgan fingerprint density at radius 3 is 2.23 bits per heavy atom. The number of rotatable bonds is 7. The first kappa shape index (κ1) is 29.1. The number of hydrogen-bond acceptors (Lipinski definition) is 5. The molecule has 8 nitrogen and oxygen atoms in total. The lowest BCUT2D eigenvalue weighted by Gasteiger charge is -2.45. The van der Waals surface area contributed by atoms with Gasteiger partial charge in [0.2, 0.25) is 0 Å². The molecule has 5 rings (SSSR count). The van der Waals surface area contributed by atoms with E-state index < -0.39 is 17.3 Å². The number of benzene rings is 2. The number of amides is 2. The third-order valence-electron chi connectivity index (χ3n) is 7.80. The highest BCUT2D eigenvalue weighted by Gasteiger charge is 2.46. The summed E-state index contributed by atoms with van der Waals surface area (Å²) in [6, 6.07) is 22.4. The summed E-state index contributed by atoms with van der Waals surface area (Å²) < 4.78 is 6.15. The third kappa shape index (κ3) is 6.99. The largest absolute Gasteiger partial charge is 0.465 e. The molecule has 2 aliphatic rings. The Hall–Kier alpha value is -3.91. The van der Waals surface area contributed by atoms with E-state index in [4.69, 9.17) is 19.6 Å². The molecule has 2 heterocycles. The van der Waals surface area contributed by atoms with Crippen molar-refractivity contribution in [1.29, 1.82) is 0 Å². The van der Waals surface area contributed by atoms with E-state index >= 15 is 0 Å². The van der Waals surface area contributed by atoms with Gasteiger partial charge >= 0.3 is 12.2 Å². The number of pyridine rings is 1. The molecule has 0 spiro atoms. The highest BCUT2D eigenvalue weighted by atomic mass is 16.6. The van der Waals surface area contributed by atoms with Crippen LogP contribution in [-0.2, 0) is 10.3 Å². The molecule has 2 atom stereocenters. The molecule has 2 aromatic carbocycles. The molecule has 1 saturated heterocycles. The summed E-state index contributed by atoms with van der Waals surface area (Å²) >= 11 is 0. The Labute approximate surface area is 235 Å². The minimum absolute atomic E-state index is 0.124. The van der Waals surface area contributed by atoms with Crippen LogP contribution in [0.2, 0.25) is 0 Å². The van der Waals surface area contributed by atoms with E-state index in [9.17, 15) is 9.90 Å². The molecule has 0 radical (unpaired) electrons. The Morgan fingerprint density at radius 2 is 1.73 bits per heavy atom. The van der Waals surface area contributed by atoms with Gasteiger partial charge in [0.1, 0.15) is 5.60 Å². The maximum absolute atomic E-state index is 13.3. The van der Waals surface area contributed by atoms with Crippen LogP contribution in [0, 0.1) is 0 Å². The van der Waals surface area contributed by atoms with Crippen molar-refractivity contribution < 1.29 is 24.5 Å². The smallest absolute Gasteiger partial charge is 0.411 e. The molecule has 212 valence electrons. The summed E-state index contributed by atoms with van der Waals surface area (Å²) in [4.78, 5) is 28.6. The molecule has 2 fully saturated rings. The van der Waals surface area contributed by atoms with Crippen molar-refractivity contribution in [2.75, 3.05) is 6.54 Å². The Bertz CT molecular complexity index is 1280. The summed E-state index contributed by atoms with van der Waals surface area (Å²) in [5.74, 6) is 0.635. The Kier molecular flexibility index (Phi) is 8.79. The topological polar surface area (TPSA) is 126 Å². The number of hydrogen-bond donors (Lipinski definition) is 3. The van der Waals surface area contributed by atoms with Crippen LogP contribution in [0.1, 0.15) is 81.7 Å². The highest BCUT2D eigenvalue weighted by molar-refractivity contribution is 5.70. The highest BCUT2D eigenvalue weighted by Crippen LogP contribution is 2.42. The first-order valence-electron chi connectivity index (χ1n) is 13.8. The Morgan fingerprint density at radius 1 is 1.10 bits per heavy atom. The number of carbonyl (C=O) groups is 2. The van der Waals surface area contributed by atoms with Gasteiger partial charge < -0.3 is 25.6 Å². The maximum atomic E-state index is 13.3. The summed E-state index contributed by atoms with van der Waals surface area (Å²) in [7, 11) is 0. The van der Waals surface area contributed by atoms with E-state index in [2.05, 4.69) is 42.1 Å². The van der Waals surface area contributed by atoms with Crippen molar-refractivity contribution in [3.8, 4) is 11.1 Å². The first-order chi connectivity index (χ1) is 19.0. The standard InChI is InChI=1S/C31H36N2O3.CH3NO2/c1-22(23-12-14-24(15-13-23)26-16-17-28(32-20-26)25-8-7-9-25)33-19-18-31(36-29(33)34,21-30(2,3)35)27-10-5-4-6-11-27;2-1(3)4/h4-6,10-17,20,22,25,35H,7-9,18-19,21H2,1-3H3;2H2,(H,3,4)/t22-,31-;/m0./s1. The summed E-state index contributed by atoms with van der Waals surface area (Å²) in [6.45, 7) is 6.12. The van der Waals surface area contributed by atoms with Crippen LogP contribution in [0.15, 0.2) is 72.9 Å². The monoisotopic (exact) mass is 545 g/mol. The van der Waals surface area contributed by atoms with Gasteiger partial charge in [-0.25, -0.2) is 9.59 Å². The molecule has 0 unspecified atom stereocenters. The van der Waals surface area contributed by atoms with Crippen molar-refractivity contribution in [2.45, 2.75) is 76.0 Å². The predicted molar refractivity (Wildman–Crippen MR) is 154 cm³/mol. The summed E-state index contributed by atoms with van der Waals surface area (Å²) in [5.41, 5.74) is 7.63. The molecule has 4 N–H and O–H groups in total. The van der Waals surface area contributed by atoms with Gasteiger partial charge in [0.05, 0.1) is 11.6 Å². The summed E-state index contributed by atoms with van der Waals surface area (Å²) in [6.07, 6.45) is 5.07. The molecule has 2 amide bonds. The van der Waals surface area contributed by atoms with E-state index in [-0.39, 0.29) is 12.1 Å². The SMILES string of the molecule is C[C@@H](c1ccc(-c2ccc(C3CCC3)nc2)cc1)N1CC[C@](CC(C)(C)O)(c2ccccc2)OC1=O.NC(=O)O. The van der Waals surface area contributed by atoms with Crippen LogP contribution in [0.4, 0.5) is 9.59 Å². The van der Waals surface area contributed by atoms with Gasteiger partial charge in [-0.2, -0.15) is 0 Å². The van der Waals surface area contributed by atoms with Crippen LogP contribution in [-0.4, -0.2) is 44.4 Å². The van der Waals surface area contributed by atoms with Gasteiger partial charge in [0, 0.05) is 42.8 Å². The van der Waals surface area contributed by atoms with Gasteiger partial charge in [-0.15, -0.1) is 0 Å². The average molecular weight is 546 g/mol. The molecule has 0 bridgehead atoms. The van der Waals surface area contributed by atoms with E-state index in [1.54, 1.807) is 18.7 Å². The molecule has 1 saturated carbocycles. The molecule has 40 heavy (non-hydrogen) atoms. The second-order valence-corrected chi connectivity index (χ2v) is 11.4. The molecule has 1 aliphatic carbocycles. The van der Waals surface area contributed by atoms with Crippen LogP contribution < -0.4 is 5.73 Å². The molecule has 8 heteroatoms. The number of carboxylic acid groups (broad SMARTS) is 1. The normalized spacial score (nSPS) is 20.0. The number of primary amides is 1. The van der Waals surface area contributed by atoms with Crippen molar-refractivity contribution in [2.24, 2.45) is 5.73 Å². The van der Waals surface area contributed by atoms with E-state index in [0.717, 1.165) is 22.3 Å². The fraction of sp³-hybridized carbons (Fsp3) is 0.406. The minimum Gasteiger partial charge on any atom is -0.465 e.